The summed E-state index contributed by atoms with van der Waals surface area (Å²) in [6, 6.07) is 1.93. The molecule has 0 radical (unpaired) electrons. The first kappa shape index (κ1) is 10.1. The average Bonchev–Trinajstić information content (AvgIpc) is 2.65. The van der Waals surface area contributed by atoms with Crippen molar-refractivity contribution in [2.75, 3.05) is 24.7 Å². The zero-order valence-electron chi connectivity index (χ0n) is 8.52. The number of nitrogens with zero attached hydrogens (tertiary/aromatic N) is 4. The molecule has 0 unspecified atom stereocenters. The molecule has 0 saturated carbocycles. The van der Waals surface area contributed by atoms with E-state index in [9.17, 15) is 4.79 Å². The SMILES string of the molecule is CN(C)c1nc2n(c(=O)c1C#N)CCS2. The van der Waals surface area contributed by atoms with E-state index in [-0.39, 0.29) is 11.1 Å². The van der Waals surface area contributed by atoms with Gasteiger partial charge >= 0.3 is 0 Å². The minimum absolute atomic E-state index is 0.131. The first-order valence-corrected chi connectivity index (χ1v) is 5.48. The van der Waals surface area contributed by atoms with Crippen LogP contribution in [0.25, 0.3) is 0 Å². The van der Waals surface area contributed by atoms with Crippen molar-refractivity contribution in [1.82, 2.24) is 9.55 Å². The quantitative estimate of drug-likeness (QED) is 0.639. The van der Waals surface area contributed by atoms with Gasteiger partial charge in [-0.25, -0.2) is 4.98 Å². The second-order valence-corrected chi connectivity index (χ2v) is 4.47. The number of aromatic nitrogens is 2. The minimum atomic E-state index is -0.226. The Balaban J connectivity index is 2.74. The normalized spacial score (nSPS) is 13.4. The van der Waals surface area contributed by atoms with Gasteiger partial charge in [0.25, 0.3) is 5.56 Å². The van der Waals surface area contributed by atoms with Gasteiger partial charge in [-0.3, -0.25) is 9.36 Å². The van der Waals surface area contributed by atoms with Crippen molar-refractivity contribution in [3.63, 3.8) is 0 Å². The van der Waals surface area contributed by atoms with Crippen LogP contribution in [0.2, 0.25) is 0 Å². The maximum atomic E-state index is 11.9. The molecule has 1 aliphatic rings. The summed E-state index contributed by atoms with van der Waals surface area (Å²) in [6.45, 7) is 0.647. The maximum absolute atomic E-state index is 11.9. The van der Waals surface area contributed by atoms with Gasteiger partial charge in [0.2, 0.25) is 0 Å². The fourth-order valence-electron chi connectivity index (χ4n) is 1.48. The Morgan fingerprint density at radius 2 is 2.33 bits per heavy atom. The van der Waals surface area contributed by atoms with Crippen molar-refractivity contribution in [2.24, 2.45) is 0 Å². The summed E-state index contributed by atoms with van der Waals surface area (Å²) in [5, 5.41) is 9.65. The number of hydrogen-bond donors (Lipinski definition) is 0. The summed E-state index contributed by atoms with van der Waals surface area (Å²) >= 11 is 1.55. The fraction of sp³-hybridized carbons (Fsp3) is 0.444. The third-order valence-corrected chi connectivity index (χ3v) is 3.15. The molecule has 0 saturated heterocycles. The Hall–Kier alpha value is -1.48. The van der Waals surface area contributed by atoms with Crippen molar-refractivity contribution in [1.29, 1.82) is 5.26 Å². The van der Waals surface area contributed by atoms with E-state index in [0.717, 1.165) is 5.75 Å². The van der Waals surface area contributed by atoms with Crippen LogP contribution in [-0.4, -0.2) is 29.4 Å². The third kappa shape index (κ3) is 1.49. The molecule has 0 bridgehead atoms. The van der Waals surface area contributed by atoms with Gasteiger partial charge in [0.15, 0.2) is 16.5 Å². The molecule has 78 valence electrons. The molecule has 2 heterocycles. The van der Waals surface area contributed by atoms with Crippen LogP contribution in [-0.2, 0) is 6.54 Å². The number of fused-ring (bicyclic) bond motifs is 1. The van der Waals surface area contributed by atoms with Gasteiger partial charge in [0.05, 0.1) is 0 Å². The molecule has 0 atom stereocenters. The van der Waals surface area contributed by atoms with Crippen LogP contribution in [0.5, 0.6) is 0 Å². The summed E-state index contributed by atoms with van der Waals surface area (Å²) in [6.07, 6.45) is 0. The number of anilines is 1. The van der Waals surface area contributed by atoms with Crippen LogP contribution in [0, 0.1) is 11.3 Å². The van der Waals surface area contributed by atoms with Crippen LogP contribution in [0.4, 0.5) is 5.82 Å². The molecule has 0 fully saturated rings. The molecule has 1 aromatic heterocycles. The summed E-state index contributed by atoms with van der Waals surface area (Å²) in [4.78, 5) is 17.9. The lowest BCUT2D eigenvalue weighted by molar-refractivity contribution is 0.651. The molecule has 5 nitrogen and oxygen atoms in total. The lowest BCUT2D eigenvalue weighted by atomic mass is 10.3. The predicted octanol–water partition coefficient (Wildman–Crippen LogP) is 0.287. The van der Waals surface area contributed by atoms with Crippen LogP contribution in [0.3, 0.4) is 0 Å². The highest BCUT2D eigenvalue weighted by atomic mass is 32.2. The molecule has 6 heteroatoms. The Morgan fingerprint density at radius 1 is 1.60 bits per heavy atom. The number of hydrogen-bond acceptors (Lipinski definition) is 5. The average molecular weight is 222 g/mol. The zero-order valence-corrected chi connectivity index (χ0v) is 9.34. The molecule has 15 heavy (non-hydrogen) atoms. The first-order chi connectivity index (χ1) is 7.15. The van der Waals surface area contributed by atoms with E-state index in [1.165, 1.54) is 0 Å². The van der Waals surface area contributed by atoms with Crippen LogP contribution in [0.15, 0.2) is 9.95 Å². The molecule has 1 aliphatic heterocycles. The summed E-state index contributed by atoms with van der Waals surface area (Å²) in [5.41, 5.74) is -0.0950. The Labute approximate surface area is 91.3 Å². The topological polar surface area (TPSA) is 61.9 Å². The second-order valence-electron chi connectivity index (χ2n) is 3.40. The standard InChI is InChI=1S/C9H10N4OS/c1-12(2)7-6(5-10)8(14)13-3-4-15-9(13)11-7/h3-4H2,1-2H3. The number of thioether (sulfide) groups is 1. The highest BCUT2D eigenvalue weighted by molar-refractivity contribution is 7.99. The van der Waals surface area contributed by atoms with Gasteiger partial charge < -0.3 is 4.90 Å². The van der Waals surface area contributed by atoms with Gasteiger partial charge in [-0.2, -0.15) is 5.26 Å². The van der Waals surface area contributed by atoms with Crippen molar-refractivity contribution < 1.29 is 0 Å². The molecular formula is C9H10N4OS. The Morgan fingerprint density at radius 3 is 2.93 bits per heavy atom. The third-order valence-electron chi connectivity index (χ3n) is 2.20. The minimum Gasteiger partial charge on any atom is -0.361 e. The van der Waals surface area contributed by atoms with E-state index in [0.29, 0.717) is 17.5 Å². The van der Waals surface area contributed by atoms with Crippen molar-refractivity contribution >= 4 is 17.6 Å². The molecule has 1 aromatic rings. The lowest BCUT2D eigenvalue weighted by Crippen LogP contribution is -2.27. The molecular weight excluding hydrogens is 212 g/mol. The molecule has 0 amide bonds. The fourth-order valence-corrected chi connectivity index (χ4v) is 2.42. The first-order valence-electron chi connectivity index (χ1n) is 4.50. The van der Waals surface area contributed by atoms with Gasteiger partial charge in [-0.1, -0.05) is 11.8 Å². The molecule has 0 spiro atoms. The largest absolute Gasteiger partial charge is 0.361 e. The van der Waals surface area contributed by atoms with Crippen molar-refractivity contribution in [3.8, 4) is 6.07 Å². The van der Waals surface area contributed by atoms with Crippen LogP contribution >= 0.6 is 11.8 Å². The highest BCUT2D eigenvalue weighted by Gasteiger charge is 2.21. The Kier molecular flexibility index (Phi) is 2.40. The molecule has 0 aliphatic carbocycles. The summed E-state index contributed by atoms with van der Waals surface area (Å²) < 4.78 is 1.57. The smallest absolute Gasteiger partial charge is 0.274 e. The van der Waals surface area contributed by atoms with E-state index >= 15 is 0 Å². The molecule has 2 rings (SSSR count). The van der Waals surface area contributed by atoms with Gasteiger partial charge in [-0.15, -0.1) is 0 Å². The van der Waals surface area contributed by atoms with Gasteiger partial charge in [0, 0.05) is 26.4 Å². The van der Waals surface area contributed by atoms with Crippen molar-refractivity contribution in [3.05, 3.63) is 15.9 Å². The summed E-state index contributed by atoms with van der Waals surface area (Å²) in [7, 11) is 3.55. The summed E-state index contributed by atoms with van der Waals surface area (Å²) in [5.74, 6) is 1.31. The maximum Gasteiger partial charge on any atom is 0.274 e. The lowest BCUT2D eigenvalue weighted by Gasteiger charge is -2.13. The zero-order chi connectivity index (χ0) is 11.0. The highest BCUT2D eigenvalue weighted by Crippen LogP contribution is 2.24. The molecule has 0 aromatic carbocycles. The van der Waals surface area contributed by atoms with Crippen LogP contribution in [0.1, 0.15) is 5.56 Å². The van der Waals surface area contributed by atoms with E-state index in [1.807, 2.05) is 6.07 Å². The van der Waals surface area contributed by atoms with Crippen LogP contribution < -0.4 is 10.5 Å². The predicted molar refractivity (Wildman–Crippen MR) is 58.3 cm³/mol. The van der Waals surface area contributed by atoms with E-state index < -0.39 is 0 Å². The van der Waals surface area contributed by atoms with E-state index in [1.54, 1.807) is 35.3 Å². The Bertz CT molecular complexity index is 500. The van der Waals surface area contributed by atoms with E-state index in [4.69, 9.17) is 5.26 Å². The van der Waals surface area contributed by atoms with Gasteiger partial charge in [-0.05, 0) is 0 Å². The van der Waals surface area contributed by atoms with E-state index in [2.05, 4.69) is 4.98 Å². The molecule has 0 N–H and O–H groups in total. The second kappa shape index (κ2) is 3.59. The monoisotopic (exact) mass is 222 g/mol. The van der Waals surface area contributed by atoms with Gasteiger partial charge in [0.1, 0.15) is 6.07 Å². The van der Waals surface area contributed by atoms with Crippen molar-refractivity contribution in [2.45, 2.75) is 11.7 Å². The number of nitriles is 1. The number of rotatable bonds is 1.